The minimum atomic E-state index is -0.189. The molecule has 0 spiro atoms. The zero-order valence-electron chi connectivity index (χ0n) is 11.0. The van der Waals surface area contributed by atoms with Gasteiger partial charge in [-0.25, -0.2) is 0 Å². The van der Waals surface area contributed by atoms with E-state index in [2.05, 4.69) is 49.0 Å². The van der Waals surface area contributed by atoms with Crippen LogP contribution in [0.3, 0.4) is 0 Å². The molecule has 1 aromatic carbocycles. The molecule has 0 saturated carbocycles. The number of halogens is 2. The quantitative estimate of drug-likeness (QED) is 0.705. The van der Waals surface area contributed by atoms with Gasteiger partial charge < -0.3 is 10.4 Å². The first kappa shape index (κ1) is 16.2. The van der Waals surface area contributed by atoms with Gasteiger partial charge in [0.2, 0.25) is 0 Å². The highest BCUT2D eigenvalue weighted by molar-refractivity contribution is 9.12. The van der Waals surface area contributed by atoms with E-state index < -0.39 is 0 Å². The first-order chi connectivity index (χ1) is 10.0. The summed E-state index contributed by atoms with van der Waals surface area (Å²) in [6, 6.07) is 7.31. The molecule has 0 unspecified atom stereocenters. The van der Waals surface area contributed by atoms with E-state index >= 15 is 0 Å². The second kappa shape index (κ2) is 7.23. The average molecular weight is 429 g/mol. The molecule has 1 amide bonds. The topological polar surface area (TPSA) is 49.3 Å². The molecule has 21 heavy (non-hydrogen) atoms. The van der Waals surface area contributed by atoms with Crippen molar-refractivity contribution in [2.24, 2.45) is 0 Å². The van der Waals surface area contributed by atoms with E-state index in [0.29, 0.717) is 11.3 Å². The first-order valence-electron chi connectivity index (χ1n) is 5.98. The molecule has 0 saturated heterocycles. The maximum atomic E-state index is 12.3. The molecule has 0 aliphatic carbocycles. The number of carbonyl (C=O) groups excluding carboxylic acids is 1. The summed E-state index contributed by atoms with van der Waals surface area (Å²) < 4.78 is 1.67. The van der Waals surface area contributed by atoms with Crippen molar-refractivity contribution in [1.29, 1.82) is 0 Å². The molecule has 2 N–H and O–H groups in total. The Labute approximate surface area is 143 Å². The lowest BCUT2D eigenvalue weighted by Crippen LogP contribution is -2.12. The molecule has 6 heteroatoms. The Balaban J connectivity index is 2.26. The summed E-state index contributed by atoms with van der Waals surface area (Å²) in [5.41, 5.74) is 2.98. The molecular formula is C15H11Br2NO2S. The summed E-state index contributed by atoms with van der Waals surface area (Å²) in [7, 11) is 0. The maximum absolute atomic E-state index is 12.3. The Morgan fingerprint density at radius 2 is 2.14 bits per heavy atom. The number of anilines is 1. The monoisotopic (exact) mass is 427 g/mol. The van der Waals surface area contributed by atoms with Crippen LogP contribution in [-0.2, 0) is 0 Å². The fourth-order valence-corrected chi connectivity index (χ4v) is 4.45. The van der Waals surface area contributed by atoms with Gasteiger partial charge in [-0.15, -0.1) is 11.3 Å². The third-order valence-corrected chi connectivity index (χ3v) is 5.04. The number of hydrogen-bond acceptors (Lipinski definition) is 3. The van der Waals surface area contributed by atoms with Crippen LogP contribution >= 0.6 is 43.2 Å². The summed E-state index contributed by atoms with van der Waals surface area (Å²) in [4.78, 5) is 12.3. The van der Waals surface area contributed by atoms with E-state index in [1.54, 1.807) is 12.1 Å². The molecule has 0 radical (unpaired) electrons. The van der Waals surface area contributed by atoms with Gasteiger partial charge in [0.25, 0.3) is 5.91 Å². The Morgan fingerprint density at radius 1 is 1.38 bits per heavy atom. The SMILES string of the molecule is Cc1ccc(C#CCO)cc1NC(=O)c1cc(Br)sc1Br. The predicted molar refractivity (Wildman–Crippen MR) is 92.8 cm³/mol. The average Bonchev–Trinajstić information content (AvgIpc) is 2.78. The molecular weight excluding hydrogens is 418 g/mol. The maximum Gasteiger partial charge on any atom is 0.257 e. The molecule has 0 aliphatic heterocycles. The van der Waals surface area contributed by atoms with Crippen LogP contribution in [-0.4, -0.2) is 17.6 Å². The highest BCUT2D eigenvalue weighted by Gasteiger charge is 2.14. The van der Waals surface area contributed by atoms with Crippen LogP contribution in [0.5, 0.6) is 0 Å². The molecule has 0 aliphatic rings. The van der Waals surface area contributed by atoms with Crippen LogP contribution in [0.4, 0.5) is 5.69 Å². The fourth-order valence-electron chi connectivity index (χ4n) is 1.66. The van der Waals surface area contributed by atoms with E-state index in [0.717, 1.165) is 18.7 Å². The lowest BCUT2D eigenvalue weighted by Gasteiger charge is -2.08. The van der Waals surface area contributed by atoms with Crippen LogP contribution in [0.25, 0.3) is 0 Å². The van der Waals surface area contributed by atoms with Gasteiger partial charge in [0.15, 0.2) is 0 Å². The summed E-state index contributed by atoms with van der Waals surface area (Å²) in [6.07, 6.45) is 0. The number of carbonyl (C=O) groups is 1. The highest BCUT2D eigenvalue weighted by atomic mass is 79.9. The second-order valence-corrected chi connectivity index (χ2v) is 7.93. The Morgan fingerprint density at radius 3 is 2.76 bits per heavy atom. The summed E-state index contributed by atoms with van der Waals surface area (Å²) in [5.74, 6) is 5.23. The second-order valence-electron chi connectivity index (χ2n) is 4.18. The third-order valence-electron chi connectivity index (χ3n) is 2.70. The Hall–Kier alpha value is -1.13. The van der Waals surface area contributed by atoms with Crippen molar-refractivity contribution in [3.8, 4) is 11.8 Å². The van der Waals surface area contributed by atoms with E-state index in [1.807, 2.05) is 19.1 Å². The number of rotatable bonds is 2. The summed E-state index contributed by atoms with van der Waals surface area (Å²) in [5, 5.41) is 11.6. The van der Waals surface area contributed by atoms with Gasteiger partial charge in [-0.05, 0) is 62.5 Å². The van der Waals surface area contributed by atoms with Gasteiger partial charge in [0, 0.05) is 11.3 Å². The number of amides is 1. The molecule has 0 atom stereocenters. The molecule has 108 valence electrons. The fraction of sp³-hybridized carbons (Fsp3) is 0.133. The van der Waals surface area contributed by atoms with Gasteiger partial charge in [-0.2, -0.15) is 0 Å². The van der Waals surface area contributed by atoms with Crippen LogP contribution < -0.4 is 5.32 Å². The molecule has 1 aromatic heterocycles. The minimum absolute atomic E-state index is 0.181. The van der Waals surface area contributed by atoms with E-state index in [9.17, 15) is 4.79 Å². The van der Waals surface area contributed by atoms with E-state index in [1.165, 1.54) is 11.3 Å². The van der Waals surface area contributed by atoms with Crippen LogP contribution in [0.15, 0.2) is 31.8 Å². The van der Waals surface area contributed by atoms with Gasteiger partial charge in [0.05, 0.1) is 13.1 Å². The smallest absolute Gasteiger partial charge is 0.257 e. The van der Waals surface area contributed by atoms with Crippen molar-refractivity contribution in [3.05, 3.63) is 48.5 Å². The normalized spacial score (nSPS) is 9.90. The molecule has 0 bridgehead atoms. The number of thiophene rings is 1. The van der Waals surface area contributed by atoms with Gasteiger partial charge in [0.1, 0.15) is 6.61 Å². The first-order valence-corrected chi connectivity index (χ1v) is 8.38. The van der Waals surface area contributed by atoms with Gasteiger partial charge in [-0.1, -0.05) is 17.9 Å². The number of aryl methyl sites for hydroxylation is 1. The predicted octanol–water partition coefficient (Wildman–Crippen LogP) is 4.18. The van der Waals surface area contributed by atoms with Gasteiger partial charge in [-0.3, -0.25) is 4.79 Å². The van der Waals surface area contributed by atoms with Gasteiger partial charge >= 0.3 is 0 Å². The lowest BCUT2D eigenvalue weighted by molar-refractivity contribution is 0.102. The minimum Gasteiger partial charge on any atom is -0.384 e. The van der Waals surface area contributed by atoms with Crippen molar-refractivity contribution < 1.29 is 9.90 Å². The van der Waals surface area contributed by atoms with Crippen LogP contribution in [0.2, 0.25) is 0 Å². The number of aliphatic hydroxyl groups is 1. The molecule has 0 fully saturated rings. The van der Waals surface area contributed by atoms with E-state index in [4.69, 9.17) is 5.11 Å². The van der Waals surface area contributed by atoms with Crippen molar-refractivity contribution in [2.45, 2.75) is 6.92 Å². The summed E-state index contributed by atoms with van der Waals surface area (Å²) >= 11 is 8.18. The zero-order chi connectivity index (χ0) is 15.4. The zero-order valence-corrected chi connectivity index (χ0v) is 15.0. The van der Waals surface area contributed by atoms with Crippen LogP contribution in [0, 0.1) is 18.8 Å². The third kappa shape index (κ3) is 4.17. The number of benzene rings is 1. The van der Waals surface area contributed by atoms with Crippen molar-refractivity contribution in [2.75, 3.05) is 11.9 Å². The largest absolute Gasteiger partial charge is 0.384 e. The Bertz CT molecular complexity index is 744. The van der Waals surface area contributed by atoms with Crippen molar-refractivity contribution in [1.82, 2.24) is 0 Å². The molecule has 1 heterocycles. The number of aliphatic hydroxyl groups excluding tert-OH is 1. The number of hydrogen-bond donors (Lipinski definition) is 2. The standard InChI is InChI=1S/C15H11Br2NO2S/c1-9-4-5-10(3-2-6-19)7-12(9)18-15(20)11-8-13(16)21-14(11)17/h4-5,7-8,19H,6H2,1H3,(H,18,20). The van der Waals surface area contributed by atoms with Crippen molar-refractivity contribution >= 4 is 54.8 Å². The highest BCUT2D eigenvalue weighted by Crippen LogP contribution is 2.32. The number of nitrogens with one attached hydrogen (secondary N) is 1. The molecule has 3 nitrogen and oxygen atoms in total. The molecule has 2 aromatic rings. The van der Waals surface area contributed by atoms with E-state index in [-0.39, 0.29) is 12.5 Å². The lowest BCUT2D eigenvalue weighted by atomic mass is 10.1. The Kier molecular flexibility index (Phi) is 5.59. The molecule has 2 rings (SSSR count). The van der Waals surface area contributed by atoms with Crippen LogP contribution in [0.1, 0.15) is 21.5 Å². The summed E-state index contributed by atoms with van der Waals surface area (Å²) in [6.45, 7) is 1.73. The van der Waals surface area contributed by atoms with Crippen molar-refractivity contribution in [3.63, 3.8) is 0 Å².